The number of hydrogen-bond donors (Lipinski definition) is 1. The summed E-state index contributed by atoms with van der Waals surface area (Å²) in [6, 6.07) is 4.31. The fraction of sp³-hybridized carbons (Fsp3) is 0.600. The van der Waals surface area contributed by atoms with Gasteiger partial charge in [0, 0.05) is 24.2 Å². The molecule has 100 valence electrons. The third-order valence-electron chi connectivity index (χ3n) is 3.70. The van der Waals surface area contributed by atoms with Gasteiger partial charge in [0.25, 0.3) is 0 Å². The van der Waals surface area contributed by atoms with E-state index in [0.717, 1.165) is 31.7 Å². The van der Waals surface area contributed by atoms with Crippen molar-refractivity contribution in [2.75, 3.05) is 20.7 Å². The third kappa shape index (κ3) is 3.03. The van der Waals surface area contributed by atoms with E-state index in [1.165, 1.54) is 16.7 Å². The van der Waals surface area contributed by atoms with Crippen molar-refractivity contribution in [3.8, 4) is 5.75 Å². The first-order valence-corrected chi connectivity index (χ1v) is 6.55. The molecular weight excluding hydrogens is 224 g/mol. The molecule has 0 aromatic heterocycles. The van der Waals surface area contributed by atoms with Crippen LogP contribution in [0.4, 0.5) is 0 Å². The Labute approximate surface area is 110 Å². The Hall–Kier alpha value is -1.06. The molecule has 2 N–H and O–H groups in total. The summed E-state index contributed by atoms with van der Waals surface area (Å²) in [4.78, 5) is 2.30. The van der Waals surface area contributed by atoms with Crippen LogP contribution in [0.15, 0.2) is 12.1 Å². The molecule has 1 aliphatic rings. The van der Waals surface area contributed by atoms with E-state index in [9.17, 15) is 0 Å². The molecule has 3 nitrogen and oxygen atoms in total. The van der Waals surface area contributed by atoms with Gasteiger partial charge in [0.2, 0.25) is 0 Å². The standard InChI is InChI=1S/C15H24N2O/c1-11-7-12(2)13(14(8-11)18-4)9-17(3)10-15(16)5-6-15/h7-8H,5-6,9-10,16H2,1-4H3. The molecule has 0 bridgehead atoms. The largest absolute Gasteiger partial charge is 0.496 e. The lowest BCUT2D eigenvalue weighted by Crippen LogP contribution is -2.37. The maximum absolute atomic E-state index is 6.16. The van der Waals surface area contributed by atoms with E-state index >= 15 is 0 Å². The summed E-state index contributed by atoms with van der Waals surface area (Å²) in [5.74, 6) is 0.987. The molecule has 0 atom stereocenters. The molecule has 1 fully saturated rings. The van der Waals surface area contributed by atoms with E-state index in [-0.39, 0.29) is 5.54 Å². The van der Waals surface area contributed by atoms with Crippen LogP contribution in [0.1, 0.15) is 29.5 Å². The molecule has 1 saturated carbocycles. The predicted octanol–water partition coefficient (Wildman–Crippen LogP) is 2.24. The number of aryl methyl sites for hydroxylation is 2. The lowest BCUT2D eigenvalue weighted by molar-refractivity contribution is 0.289. The van der Waals surface area contributed by atoms with Crippen molar-refractivity contribution < 1.29 is 4.74 Å². The van der Waals surface area contributed by atoms with Gasteiger partial charge in [-0.3, -0.25) is 0 Å². The average molecular weight is 248 g/mol. The number of methoxy groups -OCH3 is 1. The molecule has 0 heterocycles. The second kappa shape index (κ2) is 4.90. The van der Waals surface area contributed by atoms with Crippen molar-refractivity contribution in [3.63, 3.8) is 0 Å². The molecule has 1 aliphatic carbocycles. The van der Waals surface area contributed by atoms with Crippen molar-refractivity contribution >= 4 is 0 Å². The number of likely N-dealkylation sites (N-methyl/N-ethyl adjacent to an activating group) is 1. The van der Waals surface area contributed by atoms with Crippen LogP contribution in [0.25, 0.3) is 0 Å². The Balaban J connectivity index is 2.12. The van der Waals surface area contributed by atoms with Crippen molar-refractivity contribution in [2.45, 2.75) is 38.8 Å². The zero-order chi connectivity index (χ0) is 13.3. The average Bonchev–Trinajstić information content (AvgIpc) is 2.99. The predicted molar refractivity (Wildman–Crippen MR) is 75.0 cm³/mol. The molecular formula is C15H24N2O. The van der Waals surface area contributed by atoms with Crippen molar-refractivity contribution in [2.24, 2.45) is 5.73 Å². The van der Waals surface area contributed by atoms with Gasteiger partial charge < -0.3 is 15.4 Å². The highest BCUT2D eigenvalue weighted by atomic mass is 16.5. The molecule has 1 aromatic carbocycles. The van der Waals surface area contributed by atoms with Crippen LogP contribution in [0.3, 0.4) is 0 Å². The monoisotopic (exact) mass is 248 g/mol. The highest BCUT2D eigenvalue weighted by Gasteiger charge is 2.38. The van der Waals surface area contributed by atoms with Crippen molar-refractivity contribution in [1.29, 1.82) is 0 Å². The van der Waals surface area contributed by atoms with Gasteiger partial charge in [0.05, 0.1) is 7.11 Å². The zero-order valence-electron chi connectivity index (χ0n) is 11.9. The molecule has 0 spiro atoms. The number of nitrogens with zero attached hydrogens (tertiary/aromatic N) is 1. The van der Waals surface area contributed by atoms with Crippen LogP contribution in [-0.2, 0) is 6.54 Å². The molecule has 0 radical (unpaired) electrons. The molecule has 18 heavy (non-hydrogen) atoms. The summed E-state index contributed by atoms with van der Waals surface area (Å²) >= 11 is 0. The molecule has 0 unspecified atom stereocenters. The van der Waals surface area contributed by atoms with E-state index in [1.54, 1.807) is 7.11 Å². The number of ether oxygens (including phenoxy) is 1. The first kappa shape index (κ1) is 13.4. The maximum Gasteiger partial charge on any atom is 0.123 e. The summed E-state index contributed by atoms with van der Waals surface area (Å²) in [6.07, 6.45) is 2.31. The SMILES string of the molecule is COc1cc(C)cc(C)c1CN(C)CC1(N)CC1. The molecule has 0 amide bonds. The Morgan fingerprint density at radius 2 is 2.00 bits per heavy atom. The number of benzene rings is 1. The number of hydrogen-bond acceptors (Lipinski definition) is 3. The molecule has 2 rings (SSSR count). The van der Waals surface area contributed by atoms with Crippen molar-refractivity contribution in [1.82, 2.24) is 4.90 Å². The third-order valence-corrected chi connectivity index (χ3v) is 3.70. The minimum atomic E-state index is 0.0700. The van der Waals surface area contributed by atoms with Crippen LogP contribution in [0, 0.1) is 13.8 Å². The minimum absolute atomic E-state index is 0.0700. The summed E-state index contributed by atoms with van der Waals surface area (Å²) in [5.41, 5.74) is 10.0. The summed E-state index contributed by atoms with van der Waals surface area (Å²) in [6.45, 7) is 6.10. The van der Waals surface area contributed by atoms with E-state index in [0.29, 0.717) is 0 Å². The highest BCUT2D eigenvalue weighted by molar-refractivity contribution is 5.43. The first-order chi connectivity index (χ1) is 8.43. The van der Waals surface area contributed by atoms with Crippen LogP contribution in [0.2, 0.25) is 0 Å². The van der Waals surface area contributed by atoms with Gasteiger partial charge in [-0.1, -0.05) is 6.07 Å². The number of nitrogens with two attached hydrogens (primary N) is 1. The Morgan fingerprint density at radius 3 is 2.56 bits per heavy atom. The Kier molecular flexibility index (Phi) is 3.64. The summed E-state index contributed by atoms with van der Waals surface area (Å²) in [7, 11) is 3.87. The fourth-order valence-electron chi connectivity index (χ4n) is 2.53. The molecule has 0 aliphatic heterocycles. The van der Waals surface area contributed by atoms with Crippen LogP contribution in [-0.4, -0.2) is 31.1 Å². The van der Waals surface area contributed by atoms with Crippen LogP contribution < -0.4 is 10.5 Å². The lowest BCUT2D eigenvalue weighted by Gasteiger charge is -2.23. The van der Waals surface area contributed by atoms with Gasteiger partial charge in [-0.25, -0.2) is 0 Å². The van der Waals surface area contributed by atoms with E-state index in [2.05, 4.69) is 37.9 Å². The second-order valence-corrected chi connectivity index (χ2v) is 5.80. The normalized spacial score (nSPS) is 17.0. The Bertz CT molecular complexity index is 438. The van der Waals surface area contributed by atoms with Crippen LogP contribution >= 0.6 is 0 Å². The second-order valence-electron chi connectivity index (χ2n) is 5.80. The van der Waals surface area contributed by atoms with Gasteiger partial charge >= 0.3 is 0 Å². The minimum Gasteiger partial charge on any atom is -0.496 e. The Morgan fingerprint density at radius 1 is 1.33 bits per heavy atom. The first-order valence-electron chi connectivity index (χ1n) is 6.55. The topological polar surface area (TPSA) is 38.5 Å². The van der Waals surface area contributed by atoms with Gasteiger partial charge in [-0.05, 0) is 50.9 Å². The molecule has 3 heteroatoms. The molecule has 1 aromatic rings. The van der Waals surface area contributed by atoms with Gasteiger partial charge in [0.15, 0.2) is 0 Å². The van der Waals surface area contributed by atoms with Gasteiger partial charge in [-0.15, -0.1) is 0 Å². The number of rotatable bonds is 5. The summed E-state index contributed by atoms with van der Waals surface area (Å²) in [5, 5.41) is 0. The van der Waals surface area contributed by atoms with Gasteiger partial charge in [0.1, 0.15) is 5.75 Å². The quantitative estimate of drug-likeness (QED) is 0.868. The summed E-state index contributed by atoms with van der Waals surface area (Å²) < 4.78 is 5.50. The van der Waals surface area contributed by atoms with E-state index in [1.807, 2.05) is 0 Å². The fourth-order valence-corrected chi connectivity index (χ4v) is 2.53. The zero-order valence-corrected chi connectivity index (χ0v) is 11.9. The molecule has 0 saturated heterocycles. The van der Waals surface area contributed by atoms with Gasteiger partial charge in [-0.2, -0.15) is 0 Å². The smallest absolute Gasteiger partial charge is 0.123 e. The van der Waals surface area contributed by atoms with Crippen molar-refractivity contribution in [3.05, 3.63) is 28.8 Å². The van der Waals surface area contributed by atoms with Crippen LogP contribution in [0.5, 0.6) is 5.75 Å². The van der Waals surface area contributed by atoms with E-state index < -0.39 is 0 Å². The van der Waals surface area contributed by atoms with E-state index in [4.69, 9.17) is 10.5 Å². The lowest BCUT2D eigenvalue weighted by atomic mass is 10.0. The maximum atomic E-state index is 6.16. The highest BCUT2D eigenvalue weighted by Crippen LogP contribution is 2.33.